The lowest BCUT2D eigenvalue weighted by Crippen LogP contribution is -1.98. The Kier molecular flexibility index (Phi) is 6.53. The minimum atomic E-state index is 1.02. The van der Waals surface area contributed by atoms with Crippen molar-refractivity contribution in [2.45, 2.75) is 6.92 Å². The minimum Gasteiger partial charge on any atom is -0.261 e. The SMILES string of the molecule is C=Cc1cccc(-c2c(C=C)c(C=C)c(-c3ccc(-c4cccnc4C)cc3)c3ccccc23)c1C=C. The van der Waals surface area contributed by atoms with E-state index in [1.807, 2.05) is 43.5 Å². The highest BCUT2D eigenvalue weighted by Crippen LogP contribution is 2.45. The summed E-state index contributed by atoms with van der Waals surface area (Å²) in [5, 5.41) is 2.33. The summed E-state index contributed by atoms with van der Waals surface area (Å²) >= 11 is 0. The summed E-state index contributed by atoms with van der Waals surface area (Å²) < 4.78 is 0. The van der Waals surface area contributed by atoms with Crippen molar-refractivity contribution in [1.29, 1.82) is 0 Å². The molecule has 1 heteroatoms. The predicted octanol–water partition coefficient (Wildman–Crippen LogP) is 10.1. The smallest absolute Gasteiger partial charge is 0.0450 e. The minimum absolute atomic E-state index is 1.02. The molecule has 178 valence electrons. The Hall–Kier alpha value is -4.75. The van der Waals surface area contributed by atoms with E-state index in [0.717, 1.165) is 66.7 Å². The summed E-state index contributed by atoms with van der Waals surface area (Å²) in [4.78, 5) is 4.45. The first-order valence-corrected chi connectivity index (χ1v) is 12.4. The molecule has 0 saturated heterocycles. The van der Waals surface area contributed by atoms with Gasteiger partial charge in [-0.15, -0.1) is 0 Å². The van der Waals surface area contributed by atoms with Crippen LogP contribution in [0.2, 0.25) is 0 Å². The molecule has 0 amide bonds. The second-order valence-electron chi connectivity index (χ2n) is 8.96. The lowest BCUT2D eigenvalue weighted by atomic mass is 9.81. The molecule has 0 N–H and O–H groups in total. The molecular weight excluding hydrogens is 446 g/mol. The first-order chi connectivity index (χ1) is 18.1. The highest BCUT2D eigenvalue weighted by Gasteiger charge is 2.20. The monoisotopic (exact) mass is 475 g/mol. The van der Waals surface area contributed by atoms with Gasteiger partial charge < -0.3 is 0 Å². The van der Waals surface area contributed by atoms with Gasteiger partial charge >= 0.3 is 0 Å². The Morgan fingerprint density at radius 2 is 1.14 bits per heavy atom. The van der Waals surface area contributed by atoms with Crippen molar-refractivity contribution < 1.29 is 0 Å². The van der Waals surface area contributed by atoms with E-state index >= 15 is 0 Å². The second kappa shape index (κ2) is 10.1. The van der Waals surface area contributed by atoms with Crippen LogP contribution >= 0.6 is 0 Å². The number of benzene rings is 4. The van der Waals surface area contributed by atoms with Gasteiger partial charge in [-0.3, -0.25) is 4.98 Å². The molecule has 1 nitrogen and oxygen atoms in total. The van der Waals surface area contributed by atoms with Gasteiger partial charge in [0.15, 0.2) is 0 Å². The number of pyridine rings is 1. The zero-order valence-corrected chi connectivity index (χ0v) is 21.2. The first kappa shape index (κ1) is 24.0. The van der Waals surface area contributed by atoms with Crippen LogP contribution in [0.15, 0.2) is 111 Å². The van der Waals surface area contributed by atoms with Crippen LogP contribution in [-0.4, -0.2) is 4.98 Å². The van der Waals surface area contributed by atoms with Crippen LogP contribution in [0, 0.1) is 6.92 Å². The van der Waals surface area contributed by atoms with Crippen LogP contribution in [0.25, 0.3) is 68.5 Å². The highest BCUT2D eigenvalue weighted by atomic mass is 14.7. The number of rotatable bonds is 7. The maximum Gasteiger partial charge on any atom is 0.0450 e. The number of hydrogen-bond acceptors (Lipinski definition) is 1. The molecule has 5 rings (SSSR count). The zero-order valence-electron chi connectivity index (χ0n) is 21.2. The molecule has 0 atom stereocenters. The Morgan fingerprint density at radius 1 is 0.541 bits per heavy atom. The molecule has 1 heterocycles. The summed E-state index contributed by atoms with van der Waals surface area (Å²) in [6, 6.07) is 27.7. The Labute approximate surface area is 219 Å². The average molecular weight is 476 g/mol. The largest absolute Gasteiger partial charge is 0.261 e. The highest BCUT2D eigenvalue weighted by molar-refractivity contribution is 6.12. The number of hydrogen-bond donors (Lipinski definition) is 0. The van der Waals surface area contributed by atoms with Crippen LogP contribution in [0.1, 0.15) is 27.9 Å². The fourth-order valence-corrected chi connectivity index (χ4v) is 5.32. The van der Waals surface area contributed by atoms with Crippen LogP contribution < -0.4 is 0 Å². The summed E-state index contributed by atoms with van der Waals surface area (Å²) in [5.41, 5.74) is 12.1. The van der Waals surface area contributed by atoms with Gasteiger partial charge in [0.05, 0.1) is 0 Å². The molecule has 37 heavy (non-hydrogen) atoms. The fraction of sp³-hybridized carbons (Fsp3) is 0.0278. The van der Waals surface area contributed by atoms with Crippen molar-refractivity contribution in [2.24, 2.45) is 0 Å². The van der Waals surface area contributed by atoms with E-state index in [-0.39, 0.29) is 0 Å². The van der Waals surface area contributed by atoms with Gasteiger partial charge in [-0.25, -0.2) is 0 Å². The van der Waals surface area contributed by atoms with Crippen LogP contribution in [0.3, 0.4) is 0 Å². The van der Waals surface area contributed by atoms with Gasteiger partial charge in [0.1, 0.15) is 0 Å². The maximum atomic E-state index is 4.45. The quantitative estimate of drug-likeness (QED) is 0.228. The predicted molar refractivity (Wildman–Crippen MR) is 163 cm³/mol. The third-order valence-corrected chi connectivity index (χ3v) is 7.03. The molecule has 0 fully saturated rings. The molecule has 0 saturated carbocycles. The van der Waals surface area contributed by atoms with Crippen molar-refractivity contribution in [3.05, 3.63) is 139 Å². The van der Waals surface area contributed by atoms with Gasteiger partial charge in [-0.2, -0.15) is 0 Å². The molecular formula is C36H29N. The standard InChI is InChI=1S/C36H29N/c1-6-25-14-12-17-32(28(25)7-2)36-30(9-4)29(8-3)35(33-15-10-11-16-34(33)36)27-21-19-26(20-22-27)31-18-13-23-37-24(31)5/h6-23H,1-4H2,5H3. The average Bonchev–Trinajstić information content (AvgIpc) is 2.95. The topological polar surface area (TPSA) is 12.9 Å². The van der Waals surface area contributed by atoms with Crippen molar-refractivity contribution in [1.82, 2.24) is 4.98 Å². The van der Waals surface area contributed by atoms with Crippen LogP contribution in [-0.2, 0) is 0 Å². The van der Waals surface area contributed by atoms with Gasteiger partial charge in [0, 0.05) is 17.5 Å². The molecule has 0 spiro atoms. The normalized spacial score (nSPS) is 10.7. The number of nitrogens with zero attached hydrogens (tertiary/aromatic N) is 1. The Morgan fingerprint density at radius 3 is 1.76 bits per heavy atom. The lowest BCUT2D eigenvalue weighted by Gasteiger charge is -2.22. The summed E-state index contributed by atoms with van der Waals surface area (Å²) in [6.07, 6.45) is 9.52. The molecule has 0 aliphatic heterocycles. The summed E-state index contributed by atoms with van der Waals surface area (Å²) in [7, 11) is 0. The number of aromatic nitrogens is 1. The fourth-order valence-electron chi connectivity index (χ4n) is 5.32. The van der Waals surface area contributed by atoms with Gasteiger partial charge in [-0.1, -0.05) is 123 Å². The van der Waals surface area contributed by atoms with Crippen molar-refractivity contribution in [3.63, 3.8) is 0 Å². The zero-order chi connectivity index (χ0) is 25.9. The van der Waals surface area contributed by atoms with Crippen molar-refractivity contribution in [2.75, 3.05) is 0 Å². The lowest BCUT2D eigenvalue weighted by molar-refractivity contribution is 1.20. The van der Waals surface area contributed by atoms with E-state index in [0.29, 0.717) is 0 Å². The summed E-state index contributed by atoms with van der Waals surface area (Å²) in [5.74, 6) is 0. The Balaban J connectivity index is 1.83. The van der Waals surface area contributed by atoms with Gasteiger partial charge in [0.25, 0.3) is 0 Å². The van der Waals surface area contributed by atoms with Gasteiger partial charge in [0.2, 0.25) is 0 Å². The van der Waals surface area contributed by atoms with E-state index in [9.17, 15) is 0 Å². The van der Waals surface area contributed by atoms with E-state index < -0.39 is 0 Å². The van der Waals surface area contributed by atoms with Gasteiger partial charge in [-0.05, 0) is 73.8 Å². The van der Waals surface area contributed by atoms with Crippen molar-refractivity contribution >= 4 is 35.1 Å². The van der Waals surface area contributed by atoms with E-state index in [1.54, 1.807) is 0 Å². The Bertz CT molecular complexity index is 1680. The number of aryl methyl sites for hydroxylation is 1. The molecule has 4 aromatic carbocycles. The summed E-state index contributed by atoms with van der Waals surface area (Å²) in [6.45, 7) is 18.6. The molecule has 0 unspecified atom stereocenters. The van der Waals surface area contributed by atoms with Crippen LogP contribution in [0.5, 0.6) is 0 Å². The van der Waals surface area contributed by atoms with E-state index in [2.05, 4.69) is 104 Å². The van der Waals surface area contributed by atoms with E-state index in [1.165, 1.54) is 5.39 Å². The number of fused-ring (bicyclic) bond motifs is 1. The molecule has 0 bridgehead atoms. The molecule has 1 aromatic heterocycles. The third kappa shape index (κ3) is 4.05. The maximum absolute atomic E-state index is 4.45. The second-order valence-corrected chi connectivity index (χ2v) is 8.96. The third-order valence-electron chi connectivity index (χ3n) is 7.03. The van der Waals surface area contributed by atoms with E-state index in [4.69, 9.17) is 0 Å². The van der Waals surface area contributed by atoms with Crippen molar-refractivity contribution in [3.8, 4) is 33.4 Å². The van der Waals surface area contributed by atoms with Crippen LogP contribution in [0.4, 0.5) is 0 Å². The molecule has 0 radical (unpaired) electrons. The molecule has 0 aliphatic rings. The molecule has 5 aromatic rings. The molecule has 0 aliphatic carbocycles. The first-order valence-electron chi connectivity index (χ1n) is 12.4.